The van der Waals surface area contributed by atoms with E-state index >= 15 is 0 Å². The van der Waals surface area contributed by atoms with Crippen LogP contribution >= 0.6 is 0 Å². The molecule has 0 bridgehead atoms. The molecule has 1 aliphatic heterocycles. The number of benzene rings is 3. The SMILES string of the molecule is C.C[C@]1(c2cccc(F)c2F)CCNC1.O=C(OC[C@@H](OC(=O)c1ccccc1)C(=O)O)c1ccccc1.O=C=O. The van der Waals surface area contributed by atoms with Gasteiger partial charge in [0.15, 0.2) is 11.6 Å². The Hall–Kier alpha value is -4.73. The molecular weight excluding hydrogens is 540 g/mol. The minimum Gasteiger partial charge on any atom is -0.478 e. The van der Waals surface area contributed by atoms with Gasteiger partial charge in [0.05, 0.1) is 11.1 Å². The molecule has 3 aromatic rings. The third-order valence-electron chi connectivity index (χ3n) is 5.88. The second-order valence-corrected chi connectivity index (χ2v) is 8.73. The number of halogens is 2. The van der Waals surface area contributed by atoms with Crippen LogP contribution in [0.5, 0.6) is 0 Å². The first kappa shape index (κ1) is 34.3. The topological polar surface area (TPSA) is 136 Å². The summed E-state index contributed by atoms with van der Waals surface area (Å²) in [5.41, 5.74) is 0.730. The molecule has 4 rings (SSSR count). The average Bonchev–Trinajstić information content (AvgIpc) is 3.41. The van der Waals surface area contributed by atoms with Gasteiger partial charge in [-0.15, -0.1) is 0 Å². The largest absolute Gasteiger partial charge is 0.478 e. The predicted molar refractivity (Wildman–Crippen MR) is 143 cm³/mol. The number of esters is 2. The molecule has 2 N–H and O–H groups in total. The molecule has 0 aliphatic carbocycles. The third kappa shape index (κ3) is 10.4. The zero-order valence-electron chi connectivity index (χ0n) is 21.5. The summed E-state index contributed by atoms with van der Waals surface area (Å²) in [6, 6.07) is 20.5. The maximum absolute atomic E-state index is 13.5. The van der Waals surface area contributed by atoms with Gasteiger partial charge in [-0.05, 0) is 48.9 Å². The molecule has 11 heteroatoms. The Balaban J connectivity index is 0.000000398. The Labute approximate surface area is 236 Å². The predicted octanol–water partition coefficient (Wildman–Crippen LogP) is 4.42. The Morgan fingerprint density at radius 2 is 1.46 bits per heavy atom. The molecule has 1 saturated heterocycles. The van der Waals surface area contributed by atoms with E-state index in [9.17, 15) is 23.2 Å². The molecule has 1 heterocycles. The molecule has 0 aromatic heterocycles. The van der Waals surface area contributed by atoms with Crippen molar-refractivity contribution in [3.05, 3.63) is 107 Å². The van der Waals surface area contributed by atoms with E-state index < -0.39 is 42.3 Å². The van der Waals surface area contributed by atoms with Crippen LogP contribution in [0.15, 0.2) is 78.9 Å². The summed E-state index contributed by atoms with van der Waals surface area (Å²) in [5.74, 6) is -4.33. The van der Waals surface area contributed by atoms with Gasteiger partial charge < -0.3 is 19.9 Å². The lowest BCUT2D eigenvalue weighted by atomic mass is 9.81. The number of rotatable bonds is 7. The lowest BCUT2D eigenvalue weighted by molar-refractivity contribution is -0.191. The van der Waals surface area contributed by atoms with Gasteiger partial charge in [-0.1, -0.05) is 62.9 Å². The number of aliphatic carboxylic acids is 1. The quantitative estimate of drug-likeness (QED) is 0.395. The second kappa shape index (κ2) is 17.1. The van der Waals surface area contributed by atoms with Crippen molar-refractivity contribution in [3.63, 3.8) is 0 Å². The Morgan fingerprint density at radius 1 is 0.927 bits per heavy atom. The molecule has 1 fully saturated rings. The second-order valence-electron chi connectivity index (χ2n) is 8.73. The zero-order chi connectivity index (χ0) is 29.5. The van der Waals surface area contributed by atoms with Crippen molar-refractivity contribution >= 4 is 24.1 Å². The fourth-order valence-corrected chi connectivity index (χ4v) is 3.75. The first-order chi connectivity index (χ1) is 19.1. The first-order valence-corrected chi connectivity index (χ1v) is 12.0. The molecule has 2 atom stereocenters. The van der Waals surface area contributed by atoms with Crippen molar-refractivity contribution in [2.24, 2.45) is 0 Å². The van der Waals surface area contributed by atoms with Crippen LogP contribution in [0.2, 0.25) is 0 Å². The summed E-state index contributed by atoms with van der Waals surface area (Å²) in [7, 11) is 0. The molecular formula is C30H31F2NO8. The van der Waals surface area contributed by atoms with Crippen LogP contribution in [0.4, 0.5) is 8.78 Å². The Morgan fingerprint density at radius 3 is 1.95 bits per heavy atom. The standard InChI is InChI=1S/C17H14O6.C11H13F2N.CO2.CH4/c18-15(19)14(23-17(21)13-9-5-2-6-10-13)11-22-16(20)12-7-3-1-4-8-12;1-11(5-6-14-7-11)8-3-2-4-9(12)10(8)13;2-1-3;/h1-10,14H,11H2,(H,18,19);2-4,14H,5-7H2,1H3;;1H4/t14-;11-;;/m10../s1. The van der Waals surface area contributed by atoms with Crippen LogP contribution in [0.25, 0.3) is 0 Å². The van der Waals surface area contributed by atoms with Gasteiger partial charge in [0.2, 0.25) is 6.10 Å². The van der Waals surface area contributed by atoms with E-state index in [-0.39, 0.29) is 30.1 Å². The normalized spacial score (nSPS) is 15.7. The zero-order valence-corrected chi connectivity index (χ0v) is 21.5. The summed E-state index contributed by atoms with van der Waals surface area (Å²) in [6.45, 7) is 2.98. The maximum atomic E-state index is 13.5. The number of carboxylic acids is 1. The summed E-state index contributed by atoms with van der Waals surface area (Å²) >= 11 is 0. The van der Waals surface area contributed by atoms with Crippen LogP contribution in [-0.4, -0.2) is 55.0 Å². The van der Waals surface area contributed by atoms with Crippen molar-refractivity contribution in [1.29, 1.82) is 0 Å². The number of ether oxygens (including phenoxy) is 2. The van der Waals surface area contributed by atoms with E-state index in [1.54, 1.807) is 48.5 Å². The number of hydrogen-bond donors (Lipinski definition) is 2. The molecule has 41 heavy (non-hydrogen) atoms. The Kier molecular flexibility index (Phi) is 14.3. The monoisotopic (exact) mass is 571 g/mol. The van der Waals surface area contributed by atoms with Gasteiger partial charge in [0, 0.05) is 12.0 Å². The van der Waals surface area contributed by atoms with E-state index in [4.69, 9.17) is 24.2 Å². The highest BCUT2D eigenvalue weighted by molar-refractivity contribution is 5.92. The number of carboxylic acid groups (broad SMARTS) is 1. The molecule has 0 unspecified atom stereocenters. The van der Waals surface area contributed by atoms with Gasteiger partial charge in [-0.3, -0.25) is 0 Å². The summed E-state index contributed by atoms with van der Waals surface area (Å²) in [5, 5.41) is 12.3. The molecule has 0 spiro atoms. The Bertz CT molecular complexity index is 1310. The first-order valence-electron chi connectivity index (χ1n) is 12.0. The molecule has 218 valence electrons. The lowest BCUT2D eigenvalue weighted by Crippen LogP contribution is -2.32. The maximum Gasteiger partial charge on any atom is 0.373 e. The van der Waals surface area contributed by atoms with Crippen molar-refractivity contribution < 1.29 is 47.3 Å². The van der Waals surface area contributed by atoms with Gasteiger partial charge in [0.25, 0.3) is 0 Å². The van der Waals surface area contributed by atoms with Gasteiger partial charge in [0.1, 0.15) is 6.61 Å². The minimum absolute atomic E-state index is 0. The molecule has 0 radical (unpaired) electrons. The molecule has 9 nitrogen and oxygen atoms in total. The van der Waals surface area contributed by atoms with Gasteiger partial charge in [-0.25, -0.2) is 23.2 Å². The minimum atomic E-state index is -1.57. The van der Waals surface area contributed by atoms with E-state index in [0.29, 0.717) is 12.1 Å². The van der Waals surface area contributed by atoms with Crippen LogP contribution in [-0.2, 0) is 29.3 Å². The van der Waals surface area contributed by atoms with Crippen LogP contribution in [0.3, 0.4) is 0 Å². The van der Waals surface area contributed by atoms with Crippen LogP contribution < -0.4 is 5.32 Å². The fraction of sp³-hybridized carbons (Fsp3) is 0.267. The summed E-state index contributed by atoms with van der Waals surface area (Å²) in [6.07, 6.45) is -0.469. The molecule has 1 aliphatic rings. The number of carbonyl (C=O) groups is 3. The molecule has 0 amide bonds. The molecule has 0 saturated carbocycles. The lowest BCUT2D eigenvalue weighted by Gasteiger charge is -2.23. The molecule has 3 aromatic carbocycles. The smallest absolute Gasteiger partial charge is 0.373 e. The number of hydrogen-bond acceptors (Lipinski definition) is 8. The van der Waals surface area contributed by atoms with E-state index in [1.807, 2.05) is 6.92 Å². The van der Waals surface area contributed by atoms with E-state index in [2.05, 4.69) is 5.32 Å². The van der Waals surface area contributed by atoms with Crippen molar-refractivity contribution in [2.75, 3.05) is 19.7 Å². The third-order valence-corrected chi connectivity index (χ3v) is 5.88. The highest BCUT2D eigenvalue weighted by atomic mass is 19.2. The highest BCUT2D eigenvalue weighted by Gasteiger charge is 2.33. The van der Waals surface area contributed by atoms with E-state index in [1.165, 1.54) is 24.3 Å². The summed E-state index contributed by atoms with van der Waals surface area (Å²) < 4.78 is 36.3. The van der Waals surface area contributed by atoms with Crippen molar-refractivity contribution in [2.45, 2.75) is 32.3 Å². The average molecular weight is 572 g/mol. The fourth-order valence-electron chi connectivity index (χ4n) is 3.75. The highest BCUT2D eigenvalue weighted by Crippen LogP contribution is 2.32. The number of carbonyl (C=O) groups excluding carboxylic acids is 4. The van der Waals surface area contributed by atoms with E-state index in [0.717, 1.165) is 19.0 Å². The van der Waals surface area contributed by atoms with Gasteiger partial charge in [-0.2, -0.15) is 9.59 Å². The van der Waals surface area contributed by atoms with Gasteiger partial charge >= 0.3 is 24.1 Å². The number of nitrogens with one attached hydrogen (secondary N) is 1. The van der Waals surface area contributed by atoms with Crippen molar-refractivity contribution in [3.8, 4) is 0 Å². The van der Waals surface area contributed by atoms with Crippen LogP contribution in [0, 0.1) is 11.6 Å². The van der Waals surface area contributed by atoms with Crippen molar-refractivity contribution in [1.82, 2.24) is 5.32 Å². The van der Waals surface area contributed by atoms with Crippen LogP contribution in [0.1, 0.15) is 47.1 Å². The summed E-state index contributed by atoms with van der Waals surface area (Å²) in [4.78, 5) is 51.0.